The molecule has 1 aromatic carbocycles. The van der Waals surface area contributed by atoms with Crippen LogP contribution in [-0.4, -0.2) is 28.2 Å². The molecule has 116 valence electrons. The molecule has 4 rings (SSSR count). The number of carbonyl (C=O) groups excluding carboxylic acids is 2. The van der Waals surface area contributed by atoms with Gasteiger partial charge in [0.15, 0.2) is 0 Å². The standard InChI is InChI=1S/C16H15N5O2/c1-8-14(16(23)21-18-8)10-6-13(19-20-15(10)22)11-7-17-12-5-3-2-4-9(11)12/h2-5,7,10,14,17H,6H2,1H3,(H,20,22)(H,21,23)/t10-,14-/m1/s1. The number of nitrogens with zero attached hydrogens (tertiary/aromatic N) is 2. The fourth-order valence-electron chi connectivity index (χ4n) is 3.25. The van der Waals surface area contributed by atoms with Crippen LogP contribution in [0.4, 0.5) is 0 Å². The molecule has 0 bridgehead atoms. The largest absolute Gasteiger partial charge is 0.360 e. The number of rotatable bonds is 2. The number of aromatic amines is 1. The van der Waals surface area contributed by atoms with Crippen LogP contribution in [0.5, 0.6) is 0 Å². The molecular weight excluding hydrogens is 294 g/mol. The number of hydrogen-bond acceptors (Lipinski definition) is 4. The Bertz CT molecular complexity index is 879. The van der Waals surface area contributed by atoms with Gasteiger partial charge in [-0.15, -0.1) is 0 Å². The van der Waals surface area contributed by atoms with Gasteiger partial charge in [-0.05, 0) is 13.0 Å². The van der Waals surface area contributed by atoms with E-state index in [0.717, 1.165) is 22.2 Å². The van der Waals surface area contributed by atoms with E-state index < -0.39 is 11.8 Å². The van der Waals surface area contributed by atoms with Crippen molar-refractivity contribution in [3.63, 3.8) is 0 Å². The molecule has 0 saturated heterocycles. The van der Waals surface area contributed by atoms with Crippen molar-refractivity contribution in [2.45, 2.75) is 13.3 Å². The van der Waals surface area contributed by atoms with E-state index in [9.17, 15) is 9.59 Å². The smallest absolute Gasteiger partial charge is 0.249 e. The zero-order chi connectivity index (χ0) is 16.0. The Kier molecular flexibility index (Phi) is 3.00. The summed E-state index contributed by atoms with van der Waals surface area (Å²) < 4.78 is 0. The number of carbonyl (C=O) groups is 2. The van der Waals surface area contributed by atoms with Gasteiger partial charge < -0.3 is 4.98 Å². The molecule has 0 saturated carbocycles. The number of hydrogen-bond donors (Lipinski definition) is 3. The predicted molar refractivity (Wildman–Crippen MR) is 85.8 cm³/mol. The van der Waals surface area contributed by atoms with Gasteiger partial charge in [-0.3, -0.25) is 9.59 Å². The summed E-state index contributed by atoms with van der Waals surface area (Å²) >= 11 is 0. The van der Waals surface area contributed by atoms with Crippen molar-refractivity contribution in [3.05, 3.63) is 36.0 Å². The van der Waals surface area contributed by atoms with Crippen LogP contribution in [0.25, 0.3) is 10.9 Å². The van der Waals surface area contributed by atoms with E-state index in [2.05, 4.69) is 26.0 Å². The summed E-state index contributed by atoms with van der Waals surface area (Å²) in [5, 5.41) is 9.18. The summed E-state index contributed by atoms with van der Waals surface area (Å²) in [4.78, 5) is 27.4. The van der Waals surface area contributed by atoms with Gasteiger partial charge in [-0.2, -0.15) is 10.2 Å². The van der Waals surface area contributed by atoms with Crippen molar-refractivity contribution in [1.82, 2.24) is 15.8 Å². The first-order valence-electron chi connectivity index (χ1n) is 7.42. The van der Waals surface area contributed by atoms with Crippen LogP contribution in [-0.2, 0) is 9.59 Å². The molecule has 2 atom stereocenters. The lowest BCUT2D eigenvalue weighted by Gasteiger charge is -2.24. The second kappa shape index (κ2) is 5.05. The second-order valence-electron chi connectivity index (χ2n) is 5.80. The van der Waals surface area contributed by atoms with Crippen LogP contribution in [0.15, 0.2) is 40.7 Å². The molecule has 0 fully saturated rings. The monoisotopic (exact) mass is 309 g/mol. The highest BCUT2D eigenvalue weighted by Gasteiger charge is 2.41. The Labute approximate surface area is 131 Å². The first kappa shape index (κ1) is 13.7. The maximum absolute atomic E-state index is 12.2. The van der Waals surface area contributed by atoms with Crippen molar-refractivity contribution in [2.75, 3.05) is 0 Å². The summed E-state index contributed by atoms with van der Waals surface area (Å²) in [6.07, 6.45) is 2.28. The molecule has 1 aromatic heterocycles. The third-order valence-corrected chi connectivity index (χ3v) is 4.43. The van der Waals surface area contributed by atoms with E-state index in [4.69, 9.17) is 0 Å². The van der Waals surface area contributed by atoms with Crippen LogP contribution in [0.2, 0.25) is 0 Å². The number of nitrogens with one attached hydrogen (secondary N) is 3. The zero-order valence-electron chi connectivity index (χ0n) is 12.5. The summed E-state index contributed by atoms with van der Waals surface area (Å²) in [6, 6.07) is 7.91. The second-order valence-corrected chi connectivity index (χ2v) is 5.80. The quantitative estimate of drug-likeness (QED) is 0.775. The number of aromatic nitrogens is 1. The van der Waals surface area contributed by atoms with Crippen LogP contribution in [0, 0.1) is 11.8 Å². The molecule has 0 aliphatic carbocycles. The molecule has 2 aliphatic heterocycles. The van der Waals surface area contributed by atoms with Gasteiger partial charge in [0.2, 0.25) is 11.8 Å². The maximum atomic E-state index is 12.2. The van der Waals surface area contributed by atoms with E-state index in [1.165, 1.54) is 0 Å². The highest BCUT2D eigenvalue weighted by molar-refractivity contribution is 6.15. The molecule has 7 nitrogen and oxygen atoms in total. The van der Waals surface area contributed by atoms with Gasteiger partial charge in [0.05, 0.1) is 17.5 Å². The van der Waals surface area contributed by atoms with E-state index >= 15 is 0 Å². The van der Waals surface area contributed by atoms with Crippen molar-refractivity contribution in [3.8, 4) is 0 Å². The predicted octanol–water partition coefficient (Wildman–Crippen LogP) is 1.13. The third kappa shape index (κ3) is 2.12. The third-order valence-electron chi connectivity index (χ3n) is 4.43. The number of hydrazone groups is 2. The molecule has 0 unspecified atom stereocenters. The lowest BCUT2D eigenvalue weighted by atomic mass is 9.82. The number of H-pyrrole nitrogens is 1. The van der Waals surface area contributed by atoms with Gasteiger partial charge in [0.1, 0.15) is 0 Å². The Hall–Kier alpha value is -2.96. The van der Waals surface area contributed by atoms with Crippen LogP contribution < -0.4 is 10.9 Å². The number of amides is 2. The van der Waals surface area contributed by atoms with Crippen LogP contribution in [0.3, 0.4) is 0 Å². The van der Waals surface area contributed by atoms with Crippen LogP contribution >= 0.6 is 0 Å². The molecular formula is C16H15N5O2. The first-order chi connectivity index (χ1) is 11.1. The van der Waals surface area contributed by atoms with Gasteiger partial charge >= 0.3 is 0 Å². The summed E-state index contributed by atoms with van der Waals surface area (Å²) in [5.41, 5.74) is 8.34. The number of para-hydroxylation sites is 1. The van der Waals surface area contributed by atoms with E-state index in [1.807, 2.05) is 30.5 Å². The molecule has 2 aromatic rings. The maximum Gasteiger partial charge on any atom is 0.249 e. The van der Waals surface area contributed by atoms with Gasteiger partial charge in [0.25, 0.3) is 0 Å². The Morgan fingerprint density at radius 2 is 1.87 bits per heavy atom. The molecule has 0 radical (unpaired) electrons. The molecule has 0 spiro atoms. The van der Waals surface area contributed by atoms with Gasteiger partial charge in [-0.25, -0.2) is 10.9 Å². The lowest BCUT2D eigenvalue weighted by Crippen LogP contribution is -2.43. The summed E-state index contributed by atoms with van der Waals surface area (Å²) in [7, 11) is 0. The van der Waals surface area contributed by atoms with Crippen molar-refractivity contribution < 1.29 is 9.59 Å². The molecule has 23 heavy (non-hydrogen) atoms. The number of benzene rings is 1. The van der Waals surface area contributed by atoms with E-state index in [-0.39, 0.29) is 11.8 Å². The Morgan fingerprint density at radius 1 is 1.09 bits per heavy atom. The Balaban J connectivity index is 1.70. The van der Waals surface area contributed by atoms with Crippen LogP contribution in [0.1, 0.15) is 18.9 Å². The minimum absolute atomic E-state index is 0.233. The van der Waals surface area contributed by atoms with Crippen molar-refractivity contribution in [1.29, 1.82) is 0 Å². The average molecular weight is 309 g/mol. The fourth-order valence-corrected chi connectivity index (χ4v) is 3.25. The topological polar surface area (TPSA) is 98.7 Å². The van der Waals surface area contributed by atoms with E-state index in [0.29, 0.717) is 12.1 Å². The SMILES string of the molecule is CC1=NNC(=O)[C@H]1[C@H]1CC(c2c[nH]c3ccccc23)=NNC1=O. The normalized spacial score (nSPS) is 24.2. The summed E-state index contributed by atoms with van der Waals surface area (Å²) in [6.45, 7) is 1.76. The Morgan fingerprint density at radius 3 is 2.65 bits per heavy atom. The molecule has 2 amide bonds. The number of fused-ring (bicyclic) bond motifs is 1. The highest BCUT2D eigenvalue weighted by atomic mass is 16.2. The zero-order valence-corrected chi connectivity index (χ0v) is 12.5. The van der Waals surface area contributed by atoms with Crippen molar-refractivity contribution in [2.24, 2.45) is 22.0 Å². The van der Waals surface area contributed by atoms with E-state index in [1.54, 1.807) is 6.92 Å². The minimum Gasteiger partial charge on any atom is -0.360 e. The van der Waals surface area contributed by atoms with Gasteiger partial charge in [-0.1, -0.05) is 18.2 Å². The minimum atomic E-state index is -0.536. The average Bonchev–Trinajstić information content (AvgIpc) is 3.12. The first-order valence-corrected chi connectivity index (χ1v) is 7.42. The molecule has 3 heterocycles. The highest BCUT2D eigenvalue weighted by Crippen LogP contribution is 2.28. The molecule has 7 heteroatoms. The molecule has 2 aliphatic rings. The lowest BCUT2D eigenvalue weighted by molar-refractivity contribution is -0.132. The fraction of sp³-hybridized carbons (Fsp3) is 0.250. The summed E-state index contributed by atoms with van der Waals surface area (Å²) in [5.74, 6) is -1.51. The molecule has 3 N–H and O–H groups in total. The van der Waals surface area contributed by atoms with Gasteiger partial charge in [0, 0.05) is 34.8 Å². The van der Waals surface area contributed by atoms with Crippen molar-refractivity contribution >= 4 is 34.1 Å².